The number of aromatic nitrogens is 2. The van der Waals surface area contributed by atoms with Crippen molar-refractivity contribution in [1.29, 1.82) is 0 Å². The topological polar surface area (TPSA) is 66.5 Å². The minimum Gasteiger partial charge on any atom is -0.497 e. The van der Waals surface area contributed by atoms with Gasteiger partial charge in [0.1, 0.15) is 5.75 Å². The van der Waals surface area contributed by atoms with Crippen LogP contribution in [0, 0.1) is 0 Å². The van der Waals surface area contributed by atoms with Gasteiger partial charge in [0.2, 0.25) is 0 Å². The van der Waals surface area contributed by atoms with E-state index in [4.69, 9.17) is 4.74 Å². The molecule has 0 aliphatic carbocycles. The lowest BCUT2D eigenvalue weighted by Gasteiger charge is -2.01. The number of methoxy groups -OCH3 is 1. The molecular weight excluding hydrogens is 360 g/mol. The molecule has 0 aliphatic heterocycles. The first-order chi connectivity index (χ1) is 11.3. The molecule has 4 nitrogen and oxygen atoms in total. The van der Waals surface area contributed by atoms with Gasteiger partial charge in [-0.15, -0.1) is 10.2 Å². The molecule has 0 radical (unpaired) electrons. The van der Waals surface area contributed by atoms with E-state index >= 15 is 0 Å². The number of hydrogen-bond acceptors (Lipinski definition) is 6. The third-order valence-electron chi connectivity index (χ3n) is 3.11. The van der Waals surface area contributed by atoms with Crippen LogP contribution in [0.2, 0.25) is 0 Å². The van der Waals surface area contributed by atoms with Crippen LogP contribution in [0.3, 0.4) is 0 Å². The van der Waals surface area contributed by atoms with Gasteiger partial charge in [0.25, 0.3) is 0 Å². The van der Waals surface area contributed by atoms with E-state index in [1.54, 1.807) is 42.0 Å². The fourth-order valence-electron chi connectivity index (χ4n) is 1.90. The van der Waals surface area contributed by atoms with Crippen molar-refractivity contribution in [2.45, 2.75) is 20.2 Å². The lowest BCUT2D eigenvalue weighted by molar-refractivity contribution is 0.414. The summed E-state index contributed by atoms with van der Waals surface area (Å²) in [6, 6.07) is 18.6. The van der Waals surface area contributed by atoms with Crippen LogP contribution in [0.5, 0.6) is 5.75 Å². The Kier molecular flexibility index (Phi) is 7.58. The Bertz CT molecular complexity index is 733. The lowest BCUT2D eigenvalue weighted by atomic mass is 10.2. The van der Waals surface area contributed by atoms with E-state index in [1.807, 2.05) is 18.2 Å². The highest BCUT2D eigenvalue weighted by Crippen LogP contribution is 2.32. The molecule has 0 spiro atoms. The highest BCUT2D eigenvalue weighted by atomic mass is 32.2. The molecule has 126 valence electrons. The number of benzene rings is 2. The smallest absolute Gasteiger partial charge is 0.175 e. The summed E-state index contributed by atoms with van der Waals surface area (Å²) in [5.41, 5.74) is 2.56. The van der Waals surface area contributed by atoms with Gasteiger partial charge in [-0.2, -0.15) is 0 Å². The van der Waals surface area contributed by atoms with Crippen molar-refractivity contribution in [3.8, 4) is 5.75 Å². The molecule has 0 saturated heterocycles. The van der Waals surface area contributed by atoms with Crippen LogP contribution >= 0.6 is 34.9 Å². The molecule has 24 heavy (non-hydrogen) atoms. The first kappa shape index (κ1) is 18.8. The zero-order valence-corrected chi connectivity index (χ0v) is 15.6. The molecule has 0 unspecified atom stereocenters. The minimum absolute atomic E-state index is 0. The van der Waals surface area contributed by atoms with Crippen LogP contribution in [0.25, 0.3) is 0 Å². The van der Waals surface area contributed by atoms with Gasteiger partial charge >= 0.3 is 0 Å². The van der Waals surface area contributed by atoms with Crippen molar-refractivity contribution in [2.75, 3.05) is 7.11 Å². The van der Waals surface area contributed by atoms with Gasteiger partial charge in [0.05, 0.1) is 7.11 Å². The van der Waals surface area contributed by atoms with Gasteiger partial charge in [-0.3, -0.25) is 0 Å². The summed E-state index contributed by atoms with van der Waals surface area (Å²) < 4.78 is 7.20. The SMILES string of the molecule is COc1ccc(CSc2nnc(SCc3ccccc3)s2)cc1.O. The number of rotatable bonds is 7. The largest absolute Gasteiger partial charge is 0.497 e. The molecule has 2 aromatic carbocycles. The van der Waals surface area contributed by atoms with Crippen LogP contribution in [-0.4, -0.2) is 22.8 Å². The summed E-state index contributed by atoms with van der Waals surface area (Å²) in [7, 11) is 1.68. The van der Waals surface area contributed by atoms with Gasteiger partial charge in [0, 0.05) is 11.5 Å². The van der Waals surface area contributed by atoms with Crippen molar-refractivity contribution in [3.05, 3.63) is 65.7 Å². The molecule has 7 heteroatoms. The van der Waals surface area contributed by atoms with E-state index in [0.717, 1.165) is 25.9 Å². The maximum Gasteiger partial charge on any atom is 0.175 e. The predicted molar refractivity (Wildman–Crippen MR) is 102 cm³/mol. The van der Waals surface area contributed by atoms with Crippen molar-refractivity contribution in [1.82, 2.24) is 10.2 Å². The average molecular weight is 379 g/mol. The Labute approximate surface area is 154 Å². The second-order valence-electron chi connectivity index (χ2n) is 4.74. The molecule has 1 aromatic heterocycles. The molecule has 0 aliphatic rings. The molecule has 3 rings (SSSR count). The second-order valence-corrected chi connectivity index (χ2v) is 8.17. The second kappa shape index (κ2) is 9.68. The standard InChI is InChI=1S/C17H16N2OS3.H2O/c1-20-15-9-7-14(8-10-15)12-22-17-19-18-16(23-17)21-11-13-5-3-2-4-6-13;/h2-10H,11-12H2,1H3;1H2. The Morgan fingerprint density at radius 1 is 0.833 bits per heavy atom. The Balaban J connectivity index is 0.00000208. The van der Waals surface area contributed by atoms with Crippen LogP contribution in [0.1, 0.15) is 11.1 Å². The van der Waals surface area contributed by atoms with Gasteiger partial charge < -0.3 is 10.2 Å². The molecular formula is C17H18N2O2S3. The Morgan fingerprint density at radius 2 is 1.38 bits per heavy atom. The summed E-state index contributed by atoms with van der Waals surface area (Å²) in [5, 5.41) is 8.52. The van der Waals surface area contributed by atoms with Gasteiger partial charge in [-0.25, -0.2) is 0 Å². The molecule has 0 atom stereocenters. The normalized spacial score (nSPS) is 10.2. The first-order valence-electron chi connectivity index (χ1n) is 7.09. The van der Waals surface area contributed by atoms with E-state index in [-0.39, 0.29) is 5.48 Å². The van der Waals surface area contributed by atoms with Crippen molar-refractivity contribution in [3.63, 3.8) is 0 Å². The van der Waals surface area contributed by atoms with Gasteiger partial charge in [-0.1, -0.05) is 77.3 Å². The Hall–Kier alpha value is -1.54. The third kappa shape index (κ3) is 5.52. The quantitative estimate of drug-likeness (QED) is 0.573. The summed E-state index contributed by atoms with van der Waals surface area (Å²) in [6.07, 6.45) is 0. The van der Waals surface area contributed by atoms with Crippen LogP contribution in [-0.2, 0) is 11.5 Å². The monoisotopic (exact) mass is 378 g/mol. The minimum atomic E-state index is 0. The number of ether oxygens (including phenoxy) is 1. The highest BCUT2D eigenvalue weighted by molar-refractivity contribution is 8.02. The van der Waals surface area contributed by atoms with E-state index in [9.17, 15) is 0 Å². The number of hydrogen-bond donors (Lipinski definition) is 0. The fourth-order valence-corrected chi connectivity index (χ4v) is 4.83. The van der Waals surface area contributed by atoms with Crippen molar-refractivity contribution >= 4 is 34.9 Å². The summed E-state index contributed by atoms with van der Waals surface area (Å²) in [5.74, 6) is 2.70. The molecule has 0 amide bonds. The maximum absolute atomic E-state index is 5.17. The Morgan fingerprint density at radius 3 is 1.92 bits per heavy atom. The van der Waals surface area contributed by atoms with E-state index in [2.05, 4.69) is 46.6 Å². The molecule has 3 aromatic rings. The third-order valence-corrected chi connectivity index (χ3v) is 6.45. The fraction of sp³-hybridized carbons (Fsp3) is 0.176. The van der Waals surface area contributed by atoms with E-state index in [0.29, 0.717) is 0 Å². The van der Waals surface area contributed by atoms with Gasteiger partial charge in [-0.05, 0) is 23.3 Å². The number of nitrogens with zero attached hydrogens (tertiary/aromatic N) is 2. The van der Waals surface area contributed by atoms with Crippen molar-refractivity contribution in [2.24, 2.45) is 0 Å². The highest BCUT2D eigenvalue weighted by Gasteiger charge is 2.06. The molecule has 0 fully saturated rings. The summed E-state index contributed by atoms with van der Waals surface area (Å²) in [4.78, 5) is 0. The van der Waals surface area contributed by atoms with E-state index in [1.165, 1.54) is 11.1 Å². The van der Waals surface area contributed by atoms with Crippen LogP contribution in [0.15, 0.2) is 63.3 Å². The molecule has 0 bridgehead atoms. The first-order valence-corrected chi connectivity index (χ1v) is 9.88. The molecule has 0 saturated carbocycles. The van der Waals surface area contributed by atoms with Gasteiger partial charge in [0.15, 0.2) is 8.68 Å². The summed E-state index contributed by atoms with van der Waals surface area (Å²) >= 11 is 5.11. The van der Waals surface area contributed by atoms with Crippen molar-refractivity contribution < 1.29 is 10.2 Å². The van der Waals surface area contributed by atoms with E-state index < -0.39 is 0 Å². The van der Waals surface area contributed by atoms with Crippen LogP contribution in [0.4, 0.5) is 0 Å². The zero-order valence-electron chi connectivity index (χ0n) is 13.1. The predicted octanol–water partition coefficient (Wildman–Crippen LogP) is 4.31. The number of thioether (sulfide) groups is 2. The molecule has 2 N–H and O–H groups in total. The molecule has 1 heterocycles. The van der Waals surface area contributed by atoms with Crippen LogP contribution < -0.4 is 4.74 Å². The lowest BCUT2D eigenvalue weighted by Crippen LogP contribution is -1.84. The maximum atomic E-state index is 5.17. The zero-order chi connectivity index (χ0) is 15.9. The average Bonchev–Trinajstić information content (AvgIpc) is 3.07. The summed E-state index contributed by atoms with van der Waals surface area (Å²) in [6.45, 7) is 0.